The number of benzene rings is 5. The third-order valence-electron chi connectivity index (χ3n) is 6.95. The van der Waals surface area contributed by atoms with Crippen LogP contribution in [0.4, 0.5) is 0 Å². The van der Waals surface area contributed by atoms with Gasteiger partial charge in [-0.05, 0) is 64.9 Å². The van der Waals surface area contributed by atoms with Gasteiger partial charge in [0, 0.05) is 16.0 Å². The van der Waals surface area contributed by atoms with Gasteiger partial charge in [0.1, 0.15) is 17.9 Å². The molecule has 0 saturated carbocycles. The van der Waals surface area contributed by atoms with E-state index in [0.717, 1.165) is 27.3 Å². The molecule has 7 aromatic rings. The Morgan fingerprint density at radius 3 is 2.54 bits per heavy atom. The van der Waals surface area contributed by atoms with Crippen LogP contribution in [0.15, 0.2) is 130 Å². The number of aromatic nitrogens is 2. The van der Waals surface area contributed by atoms with Crippen molar-refractivity contribution in [3.05, 3.63) is 142 Å². The molecule has 0 fully saturated rings. The lowest BCUT2D eigenvalue weighted by Gasteiger charge is -2.11. The van der Waals surface area contributed by atoms with E-state index in [2.05, 4.69) is 29.4 Å². The van der Waals surface area contributed by atoms with Gasteiger partial charge in [0.15, 0.2) is 5.76 Å². The molecule has 0 aliphatic heterocycles. The number of rotatable bonds is 6. The number of ether oxygens (including phenoxy) is 1. The first-order valence-electron chi connectivity index (χ1n) is 13.1. The van der Waals surface area contributed by atoms with E-state index in [4.69, 9.17) is 25.7 Å². The first-order valence-corrected chi connectivity index (χ1v) is 13.5. The fraction of sp³-hybridized carbons (Fsp3) is 0.0294. The zero-order valence-electron chi connectivity index (χ0n) is 21.7. The van der Waals surface area contributed by atoms with Crippen molar-refractivity contribution in [2.75, 3.05) is 0 Å². The molecule has 198 valence electrons. The van der Waals surface area contributed by atoms with Crippen molar-refractivity contribution >= 4 is 50.5 Å². The Bertz CT molecular complexity index is 2160. The van der Waals surface area contributed by atoms with Gasteiger partial charge in [0.2, 0.25) is 5.82 Å². The van der Waals surface area contributed by atoms with Gasteiger partial charge < -0.3 is 9.15 Å². The number of halogens is 1. The van der Waals surface area contributed by atoms with E-state index in [1.54, 1.807) is 42.6 Å². The monoisotopic (exact) mass is 555 g/mol. The second kappa shape index (κ2) is 10.4. The van der Waals surface area contributed by atoms with Gasteiger partial charge in [-0.15, -0.1) is 0 Å². The molecule has 7 rings (SSSR count). The van der Waals surface area contributed by atoms with Gasteiger partial charge in [-0.1, -0.05) is 78.3 Å². The third kappa shape index (κ3) is 4.75. The fourth-order valence-electron chi connectivity index (χ4n) is 4.93. The minimum absolute atomic E-state index is 0.284. The van der Waals surface area contributed by atoms with E-state index in [1.807, 2.05) is 54.6 Å². The second-order valence-corrected chi connectivity index (χ2v) is 10.0. The lowest BCUT2D eigenvalue weighted by Crippen LogP contribution is -2.20. The lowest BCUT2D eigenvalue weighted by molar-refractivity contribution is 0.307. The molecule has 0 N–H and O–H groups in total. The van der Waals surface area contributed by atoms with Crippen LogP contribution < -0.4 is 10.3 Å². The first-order chi connectivity index (χ1) is 20.1. The summed E-state index contributed by atoms with van der Waals surface area (Å²) in [5.74, 6) is 1.33. The summed E-state index contributed by atoms with van der Waals surface area (Å²) in [5.41, 5.74) is 2.67. The van der Waals surface area contributed by atoms with Gasteiger partial charge in [-0.2, -0.15) is 9.78 Å². The summed E-state index contributed by atoms with van der Waals surface area (Å²) in [6, 6.07) is 36.3. The van der Waals surface area contributed by atoms with Gasteiger partial charge in [0.05, 0.1) is 17.1 Å². The van der Waals surface area contributed by atoms with Crippen molar-refractivity contribution < 1.29 is 9.15 Å². The van der Waals surface area contributed by atoms with Crippen molar-refractivity contribution in [2.24, 2.45) is 5.10 Å². The largest absolute Gasteiger partial charge is 0.488 e. The van der Waals surface area contributed by atoms with Crippen LogP contribution in [-0.2, 0) is 6.61 Å². The maximum atomic E-state index is 13.6. The molecule has 0 unspecified atom stereocenters. The fourth-order valence-corrected chi connectivity index (χ4v) is 5.11. The molecule has 0 saturated heterocycles. The van der Waals surface area contributed by atoms with Crippen molar-refractivity contribution in [1.82, 2.24) is 9.66 Å². The first kappa shape index (κ1) is 24.8. The van der Waals surface area contributed by atoms with Crippen LogP contribution in [0, 0.1) is 0 Å². The number of hydrogen-bond acceptors (Lipinski definition) is 5. The molecule has 0 bridgehead atoms. The van der Waals surface area contributed by atoms with Crippen molar-refractivity contribution in [3.8, 4) is 17.3 Å². The summed E-state index contributed by atoms with van der Waals surface area (Å²) in [6.45, 7) is 0.385. The summed E-state index contributed by atoms with van der Waals surface area (Å²) in [7, 11) is 0. The Morgan fingerprint density at radius 2 is 1.61 bits per heavy atom. The summed E-state index contributed by atoms with van der Waals surface area (Å²) < 4.78 is 13.6. The summed E-state index contributed by atoms with van der Waals surface area (Å²) >= 11 is 6.19. The van der Waals surface area contributed by atoms with E-state index < -0.39 is 0 Å². The molecule has 0 spiro atoms. The Kier molecular flexibility index (Phi) is 6.30. The van der Waals surface area contributed by atoms with E-state index in [9.17, 15) is 4.79 Å². The maximum Gasteiger partial charge on any atom is 0.282 e. The molecule has 0 atom stereocenters. The lowest BCUT2D eigenvalue weighted by atomic mass is 10.1. The van der Waals surface area contributed by atoms with Crippen LogP contribution in [0.25, 0.3) is 44.2 Å². The highest BCUT2D eigenvalue weighted by Crippen LogP contribution is 2.29. The molecule has 7 heteroatoms. The minimum Gasteiger partial charge on any atom is -0.488 e. The van der Waals surface area contributed by atoms with Gasteiger partial charge >= 0.3 is 0 Å². The molecule has 2 aromatic heterocycles. The molecule has 0 radical (unpaired) electrons. The number of para-hydroxylation sites is 2. The standard InChI is InChI=1S/C34H22ClN3O3/c35-26-16-17-31-25(18-26)19-32(41-31)33-37-29-14-5-4-13-28(29)34(39)38(33)36-20-23-9-2-6-15-30(23)40-21-24-11-7-10-22-8-1-3-12-27(22)24/h1-20H,21H2. The Hall–Kier alpha value is -5.20. The van der Waals surface area contributed by atoms with Crippen LogP contribution in [0.5, 0.6) is 5.75 Å². The number of nitrogens with zero attached hydrogens (tertiary/aromatic N) is 3. The van der Waals surface area contributed by atoms with Crippen LogP contribution in [0.3, 0.4) is 0 Å². The maximum absolute atomic E-state index is 13.6. The van der Waals surface area contributed by atoms with E-state index >= 15 is 0 Å². The molecular weight excluding hydrogens is 534 g/mol. The highest BCUT2D eigenvalue weighted by atomic mass is 35.5. The molecular formula is C34H22ClN3O3. The quantitative estimate of drug-likeness (QED) is 0.194. The molecule has 5 aromatic carbocycles. The molecule has 0 aliphatic carbocycles. The Labute approximate surface area is 239 Å². The van der Waals surface area contributed by atoms with Crippen LogP contribution >= 0.6 is 11.6 Å². The number of hydrogen-bond donors (Lipinski definition) is 0. The van der Waals surface area contributed by atoms with E-state index in [1.165, 1.54) is 4.68 Å². The molecule has 2 heterocycles. The van der Waals surface area contributed by atoms with E-state index in [-0.39, 0.29) is 11.4 Å². The summed E-state index contributed by atoms with van der Waals surface area (Å²) in [6.07, 6.45) is 1.61. The highest BCUT2D eigenvalue weighted by molar-refractivity contribution is 6.31. The van der Waals surface area contributed by atoms with Crippen LogP contribution in [0.1, 0.15) is 11.1 Å². The van der Waals surface area contributed by atoms with Gasteiger partial charge in [-0.25, -0.2) is 4.98 Å². The molecule has 41 heavy (non-hydrogen) atoms. The minimum atomic E-state index is -0.311. The van der Waals surface area contributed by atoms with Gasteiger partial charge in [-0.3, -0.25) is 4.79 Å². The normalized spacial score (nSPS) is 11.6. The zero-order chi connectivity index (χ0) is 27.8. The molecule has 0 amide bonds. The Balaban J connectivity index is 1.29. The third-order valence-corrected chi connectivity index (χ3v) is 7.18. The van der Waals surface area contributed by atoms with Gasteiger partial charge in [0.25, 0.3) is 5.56 Å². The highest BCUT2D eigenvalue weighted by Gasteiger charge is 2.17. The van der Waals surface area contributed by atoms with E-state index in [0.29, 0.717) is 39.6 Å². The van der Waals surface area contributed by atoms with Crippen molar-refractivity contribution in [2.45, 2.75) is 6.61 Å². The molecule has 6 nitrogen and oxygen atoms in total. The number of fused-ring (bicyclic) bond motifs is 3. The van der Waals surface area contributed by atoms with Crippen LogP contribution in [0.2, 0.25) is 5.02 Å². The predicted octanol–water partition coefficient (Wildman–Crippen LogP) is 8.08. The smallest absolute Gasteiger partial charge is 0.282 e. The van der Waals surface area contributed by atoms with Crippen molar-refractivity contribution in [3.63, 3.8) is 0 Å². The average Bonchev–Trinajstić information content (AvgIpc) is 3.43. The average molecular weight is 556 g/mol. The Morgan fingerprint density at radius 1 is 0.829 bits per heavy atom. The van der Waals surface area contributed by atoms with Crippen LogP contribution in [-0.4, -0.2) is 15.9 Å². The second-order valence-electron chi connectivity index (χ2n) is 9.57. The SMILES string of the molecule is O=c1c2ccccc2nc(-c2cc3cc(Cl)ccc3o2)n1N=Cc1ccccc1OCc1cccc2ccccc12. The topological polar surface area (TPSA) is 69.6 Å². The predicted molar refractivity (Wildman–Crippen MR) is 164 cm³/mol. The van der Waals surface area contributed by atoms with Crippen molar-refractivity contribution in [1.29, 1.82) is 0 Å². The molecule has 0 aliphatic rings. The number of furan rings is 1. The summed E-state index contributed by atoms with van der Waals surface area (Å²) in [4.78, 5) is 18.4. The zero-order valence-corrected chi connectivity index (χ0v) is 22.5. The summed E-state index contributed by atoms with van der Waals surface area (Å²) in [5, 5.41) is 8.76.